The van der Waals surface area contributed by atoms with E-state index in [1.165, 1.54) is 24.0 Å². The van der Waals surface area contributed by atoms with Crippen LogP contribution in [0.2, 0.25) is 0 Å². The van der Waals surface area contributed by atoms with E-state index in [1.807, 2.05) is 19.1 Å². The minimum atomic E-state index is -3.39. The zero-order valence-electron chi connectivity index (χ0n) is 13.8. The van der Waals surface area contributed by atoms with E-state index in [1.54, 1.807) is 12.1 Å². The fraction of sp³-hybridized carbons (Fsp3) is 0.353. The summed E-state index contributed by atoms with van der Waals surface area (Å²) in [5.41, 5.74) is 4.26. The van der Waals surface area contributed by atoms with Gasteiger partial charge in [-0.15, -0.1) is 0 Å². The van der Waals surface area contributed by atoms with E-state index >= 15 is 0 Å². The van der Waals surface area contributed by atoms with Crippen LogP contribution in [-0.4, -0.2) is 38.3 Å². The van der Waals surface area contributed by atoms with E-state index in [9.17, 15) is 8.42 Å². The molecule has 5 nitrogen and oxygen atoms in total. The van der Waals surface area contributed by atoms with Crippen molar-refractivity contribution in [3.8, 4) is 0 Å². The van der Waals surface area contributed by atoms with Crippen molar-refractivity contribution in [3.05, 3.63) is 52.3 Å². The molecule has 0 spiro atoms. The average molecular weight is 331 g/mol. The number of hydrogen-bond donors (Lipinski definition) is 1. The summed E-state index contributed by atoms with van der Waals surface area (Å²) in [6, 6.07) is 9.23. The van der Waals surface area contributed by atoms with Gasteiger partial charge < -0.3 is 4.98 Å². The van der Waals surface area contributed by atoms with Gasteiger partial charge in [0.2, 0.25) is 10.0 Å². The van der Waals surface area contributed by atoms with Crippen molar-refractivity contribution in [2.45, 2.75) is 18.7 Å². The SMILES string of the molecule is Cc1cc2c([nH]1)=NCC(C)C=2c1ccc(S(=O)(=O)N(C)C)cc1. The smallest absolute Gasteiger partial charge is 0.242 e. The molecule has 0 radical (unpaired) electrons. The number of H-pyrrole nitrogens is 1. The maximum atomic E-state index is 12.2. The van der Waals surface area contributed by atoms with Crippen molar-refractivity contribution in [1.82, 2.24) is 9.29 Å². The first kappa shape index (κ1) is 16.0. The summed E-state index contributed by atoms with van der Waals surface area (Å²) in [7, 11) is -0.316. The summed E-state index contributed by atoms with van der Waals surface area (Å²) in [4.78, 5) is 8.16. The Bertz CT molecular complexity index is 954. The second kappa shape index (κ2) is 5.62. The Balaban J connectivity index is 2.15. The van der Waals surface area contributed by atoms with Crippen LogP contribution in [0.3, 0.4) is 0 Å². The van der Waals surface area contributed by atoms with Gasteiger partial charge in [0.05, 0.1) is 4.90 Å². The number of sulfonamides is 1. The van der Waals surface area contributed by atoms with Gasteiger partial charge in [0.15, 0.2) is 0 Å². The van der Waals surface area contributed by atoms with E-state index in [4.69, 9.17) is 0 Å². The van der Waals surface area contributed by atoms with Crippen molar-refractivity contribution in [3.63, 3.8) is 0 Å². The van der Waals surface area contributed by atoms with E-state index < -0.39 is 10.0 Å². The number of nitrogens with one attached hydrogen (secondary N) is 1. The molecule has 1 atom stereocenters. The molecule has 2 aromatic rings. The third-order valence-corrected chi connectivity index (χ3v) is 6.01. The third kappa shape index (κ3) is 2.72. The van der Waals surface area contributed by atoms with Gasteiger partial charge in [-0.2, -0.15) is 0 Å². The molecule has 0 aliphatic carbocycles. The molecule has 23 heavy (non-hydrogen) atoms. The Kier molecular flexibility index (Phi) is 3.90. The standard InChI is InChI=1S/C17H21N3O2S/c1-11-10-18-17-15(9-12(2)19-17)16(11)13-5-7-14(8-6-13)23(21,22)20(3)4/h5-9,11H,10H2,1-4H3,(H,18,19). The number of rotatable bonds is 3. The number of fused-ring (bicyclic) bond motifs is 1. The maximum absolute atomic E-state index is 12.2. The lowest BCUT2D eigenvalue weighted by molar-refractivity contribution is 0.521. The minimum Gasteiger partial charge on any atom is -0.344 e. The third-order valence-electron chi connectivity index (χ3n) is 4.18. The highest BCUT2D eigenvalue weighted by molar-refractivity contribution is 7.89. The molecule has 2 heterocycles. The second-order valence-corrected chi connectivity index (χ2v) is 8.33. The molecule has 0 saturated heterocycles. The molecule has 3 rings (SSSR count). The van der Waals surface area contributed by atoms with Gasteiger partial charge in [-0.1, -0.05) is 19.1 Å². The number of aryl methyl sites for hydroxylation is 1. The minimum absolute atomic E-state index is 0.300. The fourth-order valence-corrected chi connectivity index (χ4v) is 3.85. The monoisotopic (exact) mass is 331 g/mol. The van der Waals surface area contributed by atoms with Gasteiger partial charge in [-0.05, 0) is 36.3 Å². The van der Waals surface area contributed by atoms with Crippen LogP contribution in [0.5, 0.6) is 0 Å². The number of nitrogens with zero attached hydrogens (tertiary/aromatic N) is 2. The quantitative estimate of drug-likeness (QED) is 0.913. The van der Waals surface area contributed by atoms with Crippen LogP contribution in [0, 0.1) is 12.8 Å². The summed E-state index contributed by atoms with van der Waals surface area (Å²) in [6.07, 6.45) is 0. The van der Waals surface area contributed by atoms with Crippen LogP contribution in [-0.2, 0) is 10.0 Å². The van der Waals surface area contributed by atoms with Crippen molar-refractivity contribution >= 4 is 15.6 Å². The molecule has 1 aromatic carbocycles. The van der Waals surface area contributed by atoms with E-state index in [-0.39, 0.29) is 0 Å². The van der Waals surface area contributed by atoms with Crippen LogP contribution >= 0.6 is 0 Å². The highest BCUT2D eigenvalue weighted by atomic mass is 32.2. The predicted octanol–water partition coefficient (Wildman–Crippen LogP) is 1.04. The first-order valence-corrected chi connectivity index (χ1v) is 9.02. The van der Waals surface area contributed by atoms with Crippen LogP contribution in [0.15, 0.2) is 40.2 Å². The lowest BCUT2D eigenvalue weighted by Crippen LogP contribution is -2.33. The maximum Gasteiger partial charge on any atom is 0.242 e. The Morgan fingerprint density at radius 3 is 2.48 bits per heavy atom. The lowest BCUT2D eigenvalue weighted by atomic mass is 9.91. The molecule has 1 aliphatic heterocycles. The van der Waals surface area contributed by atoms with Gasteiger partial charge in [0.25, 0.3) is 0 Å². The van der Waals surface area contributed by atoms with Crippen molar-refractivity contribution in [2.24, 2.45) is 10.9 Å². The lowest BCUT2D eigenvalue weighted by Gasteiger charge is -2.18. The topological polar surface area (TPSA) is 65.5 Å². The summed E-state index contributed by atoms with van der Waals surface area (Å²) in [6.45, 7) is 4.90. The molecule has 1 aliphatic rings. The van der Waals surface area contributed by atoms with Crippen molar-refractivity contribution < 1.29 is 8.42 Å². The van der Waals surface area contributed by atoms with E-state index in [0.29, 0.717) is 10.8 Å². The van der Waals surface area contributed by atoms with Gasteiger partial charge in [0, 0.05) is 37.5 Å². The average Bonchev–Trinajstić information content (AvgIpc) is 2.87. The number of hydrogen-bond acceptors (Lipinski definition) is 3. The Morgan fingerprint density at radius 2 is 1.87 bits per heavy atom. The molecular weight excluding hydrogens is 310 g/mol. The Morgan fingerprint density at radius 1 is 1.22 bits per heavy atom. The number of benzene rings is 1. The number of aromatic nitrogens is 1. The summed E-state index contributed by atoms with van der Waals surface area (Å²) < 4.78 is 25.6. The summed E-state index contributed by atoms with van der Waals surface area (Å²) in [5.74, 6) is 0.300. The van der Waals surface area contributed by atoms with E-state index in [2.05, 4.69) is 23.0 Å². The zero-order chi connectivity index (χ0) is 16.8. The molecule has 0 bridgehead atoms. The number of aromatic amines is 1. The first-order valence-electron chi connectivity index (χ1n) is 7.58. The second-order valence-electron chi connectivity index (χ2n) is 6.18. The van der Waals surface area contributed by atoms with Crippen LogP contribution in [0.4, 0.5) is 0 Å². The molecule has 0 amide bonds. The van der Waals surface area contributed by atoms with Crippen LogP contribution in [0.25, 0.3) is 5.57 Å². The molecule has 1 aromatic heterocycles. The molecule has 0 fully saturated rings. The summed E-state index contributed by atoms with van der Waals surface area (Å²) >= 11 is 0. The fourth-order valence-electron chi connectivity index (χ4n) is 2.95. The van der Waals surface area contributed by atoms with Gasteiger partial charge in [0.1, 0.15) is 5.49 Å². The van der Waals surface area contributed by atoms with Gasteiger partial charge in [-0.3, -0.25) is 4.99 Å². The summed E-state index contributed by atoms with van der Waals surface area (Å²) in [5, 5.41) is 1.12. The van der Waals surface area contributed by atoms with Gasteiger partial charge in [-0.25, -0.2) is 12.7 Å². The highest BCUT2D eigenvalue weighted by Crippen LogP contribution is 2.24. The van der Waals surface area contributed by atoms with Crippen LogP contribution < -0.4 is 10.7 Å². The largest absolute Gasteiger partial charge is 0.344 e. The predicted molar refractivity (Wildman–Crippen MR) is 90.2 cm³/mol. The molecule has 1 unspecified atom stereocenters. The molecule has 6 heteroatoms. The Hall–Kier alpha value is -1.92. The Labute approximate surface area is 136 Å². The molecule has 0 saturated carbocycles. The van der Waals surface area contributed by atoms with Crippen molar-refractivity contribution in [2.75, 3.05) is 20.6 Å². The normalized spacial score (nSPS) is 18.0. The molecule has 1 N–H and O–H groups in total. The van der Waals surface area contributed by atoms with Gasteiger partial charge >= 0.3 is 0 Å². The van der Waals surface area contributed by atoms with E-state index in [0.717, 1.165) is 28.5 Å². The van der Waals surface area contributed by atoms with Crippen molar-refractivity contribution in [1.29, 1.82) is 0 Å². The van der Waals surface area contributed by atoms with Crippen LogP contribution in [0.1, 0.15) is 18.2 Å². The molecular formula is C17H21N3O2S. The molecule has 122 valence electrons. The zero-order valence-corrected chi connectivity index (χ0v) is 14.6. The highest BCUT2D eigenvalue weighted by Gasteiger charge is 2.20. The first-order chi connectivity index (χ1) is 10.8.